The molecule has 0 amide bonds. The molecule has 1 heteroatoms. The first kappa shape index (κ1) is 13.4. The van der Waals surface area contributed by atoms with Crippen molar-refractivity contribution in [3.63, 3.8) is 0 Å². The second-order valence-electron chi connectivity index (χ2n) is 4.55. The smallest absolute Gasteiger partial charge is 0.108 e. The Morgan fingerprint density at radius 1 is 0.895 bits per heavy atom. The molecule has 0 spiro atoms. The molecule has 0 atom stereocenters. The Morgan fingerprint density at radius 2 is 1.58 bits per heavy atom. The fourth-order valence-corrected chi connectivity index (χ4v) is 1.93. The van der Waals surface area contributed by atoms with Crippen molar-refractivity contribution in [3.8, 4) is 11.8 Å². The highest BCUT2D eigenvalue weighted by atomic mass is 16.5. The predicted molar refractivity (Wildman–Crippen MR) is 78.9 cm³/mol. The Bertz CT molecular complexity index is 568. The largest absolute Gasteiger partial charge is 0.364 e. The summed E-state index contributed by atoms with van der Waals surface area (Å²) in [6.07, 6.45) is 0. The molecule has 2 rings (SSSR count). The zero-order chi connectivity index (χ0) is 13.5. The molecule has 0 radical (unpaired) electrons. The average molecular weight is 250 g/mol. The van der Waals surface area contributed by atoms with Crippen LogP contribution in [0.5, 0.6) is 0 Å². The van der Waals surface area contributed by atoms with E-state index in [2.05, 4.69) is 56.0 Å². The van der Waals surface area contributed by atoms with Crippen LogP contribution in [0.2, 0.25) is 0 Å². The third-order valence-electron chi connectivity index (χ3n) is 2.98. The Labute approximate surface area is 115 Å². The van der Waals surface area contributed by atoms with E-state index in [1.807, 2.05) is 18.2 Å². The van der Waals surface area contributed by atoms with Gasteiger partial charge in [-0.25, -0.2) is 0 Å². The van der Waals surface area contributed by atoms with Gasteiger partial charge >= 0.3 is 0 Å². The fraction of sp³-hybridized carbons (Fsp3) is 0.222. The first-order valence-corrected chi connectivity index (χ1v) is 6.44. The standard InChI is InChI=1S/C18H18O/c1-15-8-6-9-16(2)18(15)12-7-13-19-14-17-10-4-3-5-11-17/h3-6,8-11H,13-14H2,1-2H3. The molecule has 19 heavy (non-hydrogen) atoms. The second-order valence-corrected chi connectivity index (χ2v) is 4.55. The highest BCUT2D eigenvalue weighted by Crippen LogP contribution is 2.11. The molecule has 0 aliphatic carbocycles. The number of ether oxygens (including phenoxy) is 1. The molecule has 96 valence electrons. The van der Waals surface area contributed by atoms with Crippen LogP contribution in [-0.4, -0.2) is 6.61 Å². The van der Waals surface area contributed by atoms with E-state index in [0.717, 1.165) is 5.56 Å². The summed E-state index contributed by atoms with van der Waals surface area (Å²) in [5, 5.41) is 0. The molecule has 0 aliphatic heterocycles. The lowest BCUT2D eigenvalue weighted by Gasteiger charge is -2.02. The summed E-state index contributed by atoms with van der Waals surface area (Å²) < 4.78 is 5.55. The van der Waals surface area contributed by atoms with Gasteiger partial charge in [0.1, 0.15) is 6.61 Å². The quantitative estimate of drug-likeness (QED) is 0.593. The third-order valence-corrected chi connectivity index (χ3v) is 2.98. The molecule has 0 aliphatic rings. The maximum Gasteiger partial charge on any atom is 0.108 e. The molecule has 2 aromatic carbocycles. The van der Waals surface area contributed by atoms with Gasteiger partial charge in [-0.3, -0.25) is 0 Å². The van der Waals surface area contributed by atoms with E-state index in [4.69, 9.17) is 4.74 Å². The van der Waals surface area contributed by atoms with Crippen molar-refractivity contribution in [2.45, 2.75) is 20.5 Å². The van der Waals surface area contributed by atoms with E-state index >= 15 is 0 Å². The van der Waals surface area contributed by atoms with Crippen LogP contribution in [0.4, 0.5) is 0 Å². The predicted octanol–water partition coefficient (Wildman–Crippen LogP) is 3.87. The van der Waals surface area contributed by atoms with Crippen LogP contribution >= 0.6 is 0 Å². The Balaban J connectivity index is 1.88. The first-order chi connectivity index (χ1) is 9.27. The first-order valence-electron chi connectivity index (χ1n) is 6.44. The van der Waals surface area contributed by atoms with Crippen molar-refractivity contribution in [1.29, 1.82) is 0 Å². The van der Waals surface area contributed by atoms with E-state index in [9.17, 15) is 0 Å². The van der Waals surface area contributed by atoms with E-state index in [1.54, 1.807) is 0 Å². The molecule has 0 heterocycles. The number of benzene rings is 2. The van der Waals surface area contributed by atoms with E-state index in [1.165, 1.54) is 16.7 Å². The Kier molecular flexibility index (Phi) is 4.78. The van der Waals surface area contributed by atoms with Crippen molar-refractivity contribution in [3.05, 3.63) is 70.8 Å². The SMILES string of the molecule is Cc1cccc(C)c1C#CCOCc1ccccc1. The van der Waals surface area contributed by atoms with Gasteiger partial charge in [-0.2, -0.15) is 0 Å². The summed E-state index contributed by atoms with van der Waals surface area (Å²) in [7, 11) is 0. The van der Waals surface area contributed by atoms with Crippen molar-refractivity contribution in [2.24, 2.45) is 0 Å². The minimum Gasteiger partial charge on any atom is -0.364 e. The van der Waals surface area contributed by atoms with Crippen LogP contribution in [-0.2, 0) is 11.3 Å². The summed E-state index contributed by atoms with van der Waals surface area (Å²) in [4.78, 5) is 0. The monoisotopic (exact) mass is 250 g/mol. The lowest BCUT2D eigenvalue weighted by atomic mass is 10.0. The summed E-state index contributed by atoms with van der Waals surface area (Å²) in [5.41, 5.74) is 4.73. The number of hydrogen-bond donors (Lipinski definition) is 0. The van der Waals surface area contributed by atoms with E-state index in [0.29, 0.717) is 13.2 Å². The zero-order valence-electron chi connectivity index (χ0n) is 11.4. The summed E-state index contributed by atoms with van der Waals surface area (Å²) in [6, 6.07) is 16.4. The Hall–Kier alpha value is -2.04. The maximum absolute atomic E-state index is 5.55. The number of rotatable bonds is 3. The summed E-state index contributed by atoms with van der Waals surface area (Å²) in [5.74, 6) is 6.27. The molecule has 1 nitrogen and oxygen atoms in total. The van der Waals surface area contributed by atoms with E-state index < -0.39 is 0 Å². The van der Waals surface area contributed by atoms with Gasteiger partial charge in [0.15, 0.2) is 0 Å². The molecular weight excluding hydrogens is 232 g/mol. The number of aryl methyl sites for hydroxylation is 2. The van der Waals surface area contributed by atoms with Gasteiger partial charge in [-0.15, -0.1) is 0 Å². The molecule has 0 fully saturated rings. The third kappa shape index (κ3) is 3.98. The van der Waals surface area contributed by atoms with Crippen molar-refractivity contribution >= 4 is 0 Å². The number of hydrogen-bond acceptors (Lipinski definition) is 1. The average Bonchev–Trinajstić information content (AvgIpc) is 2.42. The molecule has 0 saturated carbocycles. The molecule has 0 unspecified atom stereocenters. The minimum absolute atomic E-state index is 0.461. The van der Waals surface area contributed by atoms with Gasteiger partial charge < -0.3 is 4.74 Å². The van der Waals surface area contributed by atoms with Gasteiger partial charge in [-0.05, 0) is 30.5 Å². The van der Waals surface area contributed by atoms with Crippen LogP contribution in [0.15, 0.2) is 48.5 Å². The minimum atomic E-state index is 0.461. The molecule has 0 saturated heterocycles. The Morgan fingerprint density at radius 3 is 2.26 bits per heavy atom. The van der Waals surface area contributed by atoms with Crippen LogP contribution in [0, 0.1) is 25.7 Å². The van der Waals surface area contributed by atoms with Gasteiger partial charge in [0, 0.05) is 5.56 Å². The topological polar surface area (TPSA) is 9.23 Å². The van der Waals surface area contributed by atoms with Crippen LogP contribution in [0.25, 0.3) is 0 Å². The molecular formula is C18H18O. The van der Waals surface area contributed by atoms with Gasteiger partial charge in [-0.1, -0.05) is 60.4 Å². The van der Waals surface area contributed by atoms with E-state index in [-0.39, 0.29) is 0 Å². The molecule has 2 aromatic rings. The highest BCUT2D eigenvalue weighted by molar-refractivity contribution is 5.46. The van der Waals surface area contributed by atoms with Gasteiger partial charge in [0.05, 0.1) is 6.61 Å². The van der Waals surface area contributed by atoms with Crippen LogP contribution in [0.1, 0.15) is 22.3 Å². The van der Waals surface area contributed by atoms with Crippen LogP contribution in [0.3, 0.4) is 0 Å². The second kappa shape index (κ2) is 6.78. The summed E-state index contributed by atoms with van der Waals surface area (Å²) in [6.45, 7) is 5.24. The zero-order valence-corrected chi connectivity index (χ0v) is 11.4. The lowest BCUT2D eigenvalue weighted by Crippen LogP contribution is -1.93. The molecule has 0 aromatic heterocycles. The van der Waals surface area contributed by atoms with Crippen molar-refractivity contribution in [2.75, 3.05) is 6.61 Å². The van der Waals surface area contributed by atoms with Crippen molar-refractivity contribution < 1.29 is 4.74 Å². The highest BCUT2D eigenvalue weighted by Gasteiger charge is 1.96. The lowest BCUT2D eigenvalue weighted by molar-refractivity contribution is 0.153. The van der Waals surface area contributed by atoms with Crippen molar-refractivity contribution in [1.82, 2.24) is 0 Å². The van der Waals surface area contributed by atoms with Gasteiger partial charge in [0.25, 0.3) is 0 Å². The van der Waals surface area contributed by atoms with Crippen LogP contribution < -0.4 is 0 Å². The molecule has 0 bridgehead atoms. The summed E-state index contributed by atoms with van der Waals surface area (Å²) >= 11 is 0. The normalized spacial score (nSPS) is 9.79. The maximum atomic E-state index is 5.55. The van der Waals surface area contributed by atoms with Gasteiger partial charge in [0.2, 0.25) is 0 Å². The molecule has 0 N–H and O–H groups in total. The fourth-order valence-electron chi connectivity index (χ4n) is 1.93.